The maximum Gasteiger partial charge on any atom is 0.273 e. The summed E-state index contributed by atoms with van der Waals surface area (Å²) in [6.07, 6.45) is 1.29. The van der Waals surface area contributed by atoms with Crippen LogP contribution >= 0.6 is 34.7 Å². The molecule has 1 amide bonds. The van der Waals surface area contributed by atoms with E-state index in [2.05, 4.69) is 20.2 Å². The van der Waals surface area contributed by atoms with Gasteiger partial charge in [-0.25, -0.2) is 9.37 Å². The fraction of sp³-hybridized carbons (Fsp3) is 0.294. The molecule has 3 aromatic rings. The van der Waals surface area contributed by atoms with E-state index in [1.165, 1.54) is 34.4 Å². The Morgan fingerprint density at radius 2 is 2.11 bits per heavy atom. The molecule has 0 atom stereocenters. The lowest BCUT2D eigenvalue weighted by molar-refractivity contribution is -0.116. The smallest absolute Gasteiger partial charge is 0.273 e. The highest BCUT2D eigenvalue weighted by Crippen LogP contribution is 2.27. The van der Waals surface area contributed by atoms with Crippen LogP contribution in [0.4, 0.5) is 15.2 Å². The predicted octanol–water partition coefficient (Wildman–Crippen LogP) is 2.84. The standard InChI is InChI=1S/C17H15ClFN5O2S2/c18-10-1-2-12(11(19)7-10)21-13(25)8-24-9-20-15-14(16(24)26)28-17(22-15)23-3-5-27-6-4-23/h1-2,7,9H,3-6,8H2,(H,21,25). The third kappa shape index (κ3) is 3.98. The molecular formula is C17H15ClFN5O2S2. The monoisotopic (exact) mass is 439 g/mol. The first kappa shape index (κ1) is 19.2. The van der Waals surface area contributed by atoms with Crippen molar-refractivity contribution in [2.45, 2.75) is 6.54 Å². The van der Waals surface area contributed by atoms with Crippen LogP contribution in [0.1, 0.15) is 0 Å². The molecule has 28 heavy (non-hydrogen) atoms. The molecule has 0 unspecified atom stereocenters. The third-order valence-corrected chi connectivity index (χ3v) is 6.44. The number of thiazole rings is 1. The van der Waals surface area contributed by atoms with Crippen LogP contribution in [0.5, 0.6) is 0 Å². The first-order chi connectivity index (χ1) is 13.5. The van der Waals surface area contributed by atoms with Crippen LogP contribution in [-0.4, -0.2) is 45.0 Å². The Kier molecular flexibility index (Phi) is 5.51. The number of thioether (sulfide) groups is 1. The summed E-state index contributed by atoms with van der Waals surface area (Å²) in [5, 5.41) is 3.44. The molecule has 4 rings (SSSR count). The number of carbonyl (C=O) groups is 1. The molecule has 1 aromatic carbocycles. The van der Waals surface area contributed by atoms with Gasteiger partial charge in [0.1, 0.15) is 23.4 Å². The number of amides is 1. The number of hydrogen-bond acceptors (Lipinski definition) is 7. The molecule has 7 nitrogen and oxygen atoms in total. The number of hydrogen-bond donors (Lipinski definition) is 1. The van der Waals surface area contributed by atoms with E-state index in [0.29, 0.717) is 10.3 Å². The molecular weight excluding hydrogens is 425 g/mol. The fourth-order valence-electron chi connectivity index (χ4n) is 2.77. The van der Waals surface area contributed by atoms with Gasteiger partial charge in [0.2, 0.25) is 5.91 Å². The number of fused-ring (bicyclic) bond motifs is 1. The van der Waals surface area contributed by atoms with E-state index < -0.39 is 11.7 Å². The lowest BCUT2D eigenvalue weighted by atomic mass is 10.3. The van der Waals surface area contributed by atoms with Crippen LogP contribution in [0.25, 0.3) is 10.3 Å². The number of nitrogens with zero attached hydrogens (tertiary/aromatic N) is 4. The molecule has 0 radical (unpaired) electrons. The van der Waals surface area contributed by atoms with Crippen molar-refractivity contribution in [2.75, 3.05) is 34.8 Å². The summed E-state index contributed by atoms with van der Waals surface area (Å²) in [4.78, 5) is 35.8. The van der Waals surface area contributed by atoms with Gasteiger partial charge in [-0.3, -0.25) is 14.2 Å². The van der Waals surface area contributed by atoms with Crippen molar-refractivity contribution in [1.29, 1.82) is 0 Å². The number of nitrogens with one attached hydrogen (secondary N) is 1. The summed E-state index contributed by atoms with van der Waals surface area (Å²) < 4.78 is 15.4. The summed E-state index contributed by atoms with van der Waals surface area (Å²) in [5.41, 5.74) is 0.0371. The van der Waals surface area contributed by atoms with Gasteiger partial charge in [-0.2, -0.15) is 16.7 Å². The van der Waals surface area contributed by atoms with Gasteiger partial charge >= 0.3 is 0 Å². The van der Waals surface area contributed by atoms with Crippen molar-refractivity contribution in [2.24, 2.45) is 0 Å². The van der Waals surface area contributed by atoms with Gasteiger partial charge in [-0.05, 0) is 18.2 Å². The van der Waals surface area contributed by atoms with Gasteiger partial charge in [-0.15, -0.1) is 0 Å². The number of benzene rings is 1. The molecule has 1 fully saturated rings. The number of rotatable bonds is 4. The molecule has 1 saturated heterocycles. The van der Waals surface area contributed by atoms with Crippen molar-refractivity contribution in [3.8, 4) is 0 Å². The summed E-state index contributed by atoms with van der Waals surface area (Å²) in [6.45, 7) is 1.49. The molecule has 2 aromatic heterocycles. The minimum atomic E-state index is -0.645. The van der Waals surface area contributed by atoms with Crippen LogP contribution in [0.15, 0.2) is 29.3 Å². The Bertz CT molecular complexity index is 1100. The summed E-state index contributed by atoms with van der Waals surface area (Å²) in [7, 11) is 0. The van der Waals surface area contributed by atoms with Crippen LogP contribution < -0.4 is 15.8 Å². The van der Waals surface area contributed by atoms with Crippen LogP contribution in [0, 0.1) is 5.82 Å². The molecule has 1 aliphatic heterocycles. The molecule has 0 saturated carbocycles. The van der Waals surface area contributed by atoms with Crippen LogP contribution in [-0.2, 0) is 11.3 Å². The second-order valence-corrected chi connectivity index (χ2v) is 8.74. The Balaban J connectivity index is 1.54. The third-order valence-electron chi connectivity index (χ3n) is 4.17. The highest BCUT2D eigenvalue weighted by molar-refractivity contribution is 7.99. The highest BCUT2D eigenvalue weighted by atomic mass is 35.5. The molecule has 0 aliphatic carbocycles. The average Bonchev–Trinajstić information content (AvgIpc) is 3.12. The van der Waals surface area contributed by atoms with Crippen molar-refractivity contribution >= 4 is 61.8 Å². The lowest BCUT2D eigenvalue weighted by Gasteiger charge is -2.25. The van der Waals surface area contributed by atoms with E-state index in [4.69, 9.17) is 11.6 Å². The second-order valence-electron chi connectivity index (χ2n) is 6.10. The van der Waals surface area contributed by atoms with Gasteiger partial charge < -0.3 is 10.2 Å². The normalized spacial score (nSPS) is 14.4. The number of anilines is 2. The second kappa shape index (κ2) is 8.06. The SMILES string of the molecule is O=C(Cn1cnc2nc(N3CCSCC3)sc2c1=O)Nc1ccc(Cl)cc1F. The maximum atomic E-state index is 13.8. The van der Waals surface area contributed by atoms with E-state index in [-0.39, 0.29) is 22.8 Å². The minimum Gasteiger partial charge on any atom is -0.346 e. The zero-order chi connectivity index (χ0) is 19.7. The number of carbonyl (C=O) groups excluding carboxylic acids is 1. The quantitative estimate of drug-likeness (QED) is 0.673. The Morgan fingerprint density at radius 1 is 1.32 bits per heavy atom. The Hall–Kier alpha value is -2.17. The van der Waals surface area contributed by atoms with Gasteiger partial charge in [0.15, 0.2) is 10.8 Å². The first-order valence-electron chi connectivity index (χ1n) is 8.45. The largest absolute Gasteiger partial charge is 0.346 e. The van der Waals surface area contributed by atoms with E-state index >= 15 is 0 Å². The average molecular weight is 440 g/mol. The van der Waals surface area contributed by atoms with Gasteiger partial charge in [0.05, 0.1) is 5.69 Å². The zero-order valence-electron chi connectivity index (χ0n) is 14.5. The summed E-state index contributed by atoms with van der Waals surface area (Å²) in [5.74, 6) is 0.861. The highest BCUT2D eigenvalue weighted by Gasteiger charge is 2.18. The molecule has 3 heterocycles. The number of halogens is 2. The van der Waals surface area contributed by atoms with Crippen molar-refractivity contribution < 1.29 is 9.18 Å². The summed E-state index contributed by atoms with van der Waals surface area (Å²) in [6, 6.07) is 3.94. The lowest BCUT2D eigenvalue weighted by Crippen LogP contribution is -2.32. The molecule has 0 bridgehead atoms. The molecule has 11 heteroatoms. The molecule has 1 N–H and O–H groups in total. The van der Waals surface area contributed by atoms with E-state index in [1.807, 2.05) is 11.8 Å². The molecule has 146 valence electrons. The van der Waals surface area contributed by atoms with Crippen LogP contribution in [0.3, 0.4) is 0 Å². The van der Waals surface area contributed by atoms with Crippen molar-refractivity contribution in [3.05, 3.63) is 45.7 Å². The molecule has 1 aliphatic rings. The minimum absolute atomic E-state index is 0.000434. The first-order valence-corrected chi connectivity index (χ1v) is 10.8. The van der Waals surface area contributed by atoms with Crippen molar-refractivity contribution in [3.63, 3.8) is 0 Å². The molecule has 0 spiro atoms. The van der Waals surface area contributed by atoms with Gasteiger partial charge in [0, 0.05) is 29.6 Å². The topological polar surface area (TPSA) is 80.1 Å². The fourth-order valence-corrected chi connectivity index (χ4v) is 4.86. The van der Waals surface area contributed by atoms with Crippen molar-refractivity contribution in [1.82, 2.24) is 14.5 Å². The zero-order valence-corrected chi connectivity index (χ0v) is 16.9. The maximum absolute atomic E-state index is 13.8. The van der Waals surface area contributed by atoms with Crippen LogP contribution in [0.2, 0.25) is 5.02 Å². The van der Waals surface area contributed by atoms with E-state index in [9.17, 15) is 14.0 Å². The summed E-state index contributed by atoms with van der Waals surface area (Å²) >= 11 is 8.88. The van der Waals surface area contributed by atoms with Gasteiger partial charge in [-0.1, -0.05) is 22.9 Å². The Morgan fingerprint density at radius 3 is 2.86 bits per heavy atom. The van der Waals surface area contributed by atoms with E-state index in [1.54, 1.807) is 0 Å². The van der Waals surface area contributed by atoms with E-state index in [0.717, 1.165) is 35.8 Å². The Labute approximate surface area is 172 Å². The van der Waals surface area contributed by atoms with Gasteiger partial charge in [0.25, 0.3) is 5.56 Å². The predicted molar refractivity (Wildman–Crippen MR) is 111 cm³/mol. The number of aromatic nitrogens is 3.